The maximum absolute atomic E-state index is 11.1. The van der Waals surface area contributed by atoms with Gasteiger partial charge in [0.05, 0.1) is 0 Å². The van der Waals surface area contributed by atoms with Crippen LogP contribution in [0, 0.1) is 0 Å². The standard InChI is InChI=1S/C11H12ClNO3/c1-2-13(7-14)10(11(15)16)8-4-3-5-9(12)6-8/h3-7,10H,2H2,1H3,(H,15,16). The molecule has 1 aromatic carbocycles. The first kappa shape index (κ1) is 12.5. The van der Waals surface area contributed by atoms with Gasteiger partial charge in [0.25, 0.3) is 0 Å². The first-order valence-corrected chi connectivity index (χ1v) is 5.17. The minimum atomic E-state index is -1.07. The molecule has 1 unspecified atom stereocenters. The molecule has 1 atom stereocenters. The average Bonchev–Trinajstić information content (AvgIpc) is 2.24. The Labute approximate surface area is 98.4 Å². The number of likely N-dealkylation sites (N-methyl/N-ethyl adjacent to an activating group) is 1. The molecule has 1 N–H and O–H groups in total. The summed E-state index contributed by atoms with van der Waals surface area (Å²) in [5, 5.41) is 9.56. The van der Waals surface area contributed by atoms with Crippen LogP contribution in [0.2, 0.25) is 5.02 Å². The molecule has 0 saturated heterocycles. The van der Waals surface area contributed by atoms with Crippen molar-refractivity contribution in [2.24, 2.45) is 0 Å². The van der Waals surface area contributed by atoms with E-state index in [1.807, 2.05) is 0 Å². The highest BCUT2D eigenvalue weighted by Crippen LogP contribution is 2.22. The minimum absolute atomic E-state index is 0.326. The summed E-state index contributed by atoms with van der Waals surface area (Å²) in [4.78, 5) is 23.1. The van der Waals surface area contributed by atoms with Gasteiger partial charge in [-0.25, -0.2) is 4.79 Å². The summed E-state index contributed by atoms with van der Waals surface area (Å²) in [6.07, 6.45) is 0.527. The van der Waals surface area contributed by atoms with Crippen molar-refractivity contribution in [3.63, 3.8) is 0 Å². The zero-order valence-corrected chi connectivity index (χ0v) is 9.52. The predicted octanol–water partition coefficient (Wildman–Crippen LogP) is 1.94. The number of aliphatic carboxylic acids is 1. The zero-order valence-electron chi connectivity index (χ0n) is 8.76. The largest absolute Gasteiger partial charge is 0.479 e. The van der Waals surface area contributed by atoms with Crippen LogP contribution in [0.5, 0.6) is 0 Å². The van der Waals surface area contributed by atoms with Crippen molar-refractivity contribution in [2.75, 3.05) is 6.54 Å². The molecule has 0 radical (unpaired) electrons. The van der Waals surface area contributed by atoms with Crippen molar-refractivity contribution in [1.29, 1.82) is 0 Å². The minimum Gasteiger partial charge on any atom is -0.479 e. The quantitative estimate of drug-likeness (QED) is 0.802. The molecule has 0 aromatic heterocycles. The van der Waals surface area contributed by atoms with E-state index in [2.05, 4.69) is 0 Å². The van der Waals surface area contributed by atoms with Gasteiger partial charge in [0.15, 0.2) is 6.04 Å². The van der Waals surface area contributed by atoms with Crippen molar-refractivity contribution in [2.45, 2.75) is 13.0 Å². The molecule has 86 valence electrons. The highest BCUT2D eigenvalue weighted by molar-refractivity contribution is 6.30. The van der Waals surface area contributed by atoms with Gasteiger partial charge in [0.1, 0.15) is 0 Å². The Morgan fingerprint density at radius 1 is 1.62 bits per heavy atom. The maximum Gasteiger partial charge on any atom is 0.331 e. The van der Waals surface area contributed by atoms with Gasteiger partial charge < -0.3 is 10.0 Å². The molecule has 0 bridgehead atoms. The third-order valence-corrected chi connectivity index (χ3v) is 2.47. The van der Waals surface area contributed by atoms with Crippen LogP contribution in [-0.4, -0.2) is 28.9 Å². The second-order valence-electron chi connectivity index (χ2n) is 3.23. The molecule has 5 heteroatoms. The van der Waals surface area contributed by atoms with Crippen molar-refractivity contribution in [3.8, 4) is 0 Å². The Kier molecular flexibility index (Phi) is 4.31. The lowest BCUT2D eigenvalue weighted by atomic mass is 10.1. The summed E-state index contributed by atoms with van der Waals surface area (Å²) in [6.45, 7) is 2.04. The number of carboxylic acid groups (broad SMARTS) is 1. The molecule has 1 aromatic rings. The van der Waals surface area contributed by atoms with Gasteiger partial charge >= 0.3 is 5.97 Å². The summed E-state index contributed by atoms with van der Waals surface area (Å²) >= 11 is 5.78. The van der Waals surface area contributed by atoms with E-state index in [0.717, 1.165) is 0 Å². The second kappa shape index (κ2) is 5.51. The van der Waals surface area contributed by atoms with Crippen molar-refractivity contribution in [1.82, 2.24) is 4.90 Å². The summed E-state index contributed by atoms with van der Waals surface area (Å²) in [7, 11) is 0. The monoisotopic (exact) mass is 241 g/mol. The highest BCUT2D eigenvalue weighted by atomic mass is 35.5. The molecule has 4 nitrogen and oxygen atoms in total. The zero-order chi connectivity index (χ0) is 12.1. The van der Waals surface area contributed by atoms with Crippen LogP contribution < -0.4 is 0 Å². The fourth-order valence-corrected chi connectivity index (χ4v) is 1.67. The van der Waals surface area contributed by atoms with Gasteiger partial charge in [-0.05, 0) is 24.6 Å². The summed E-state index contributed by atoms with van der Waals surface area (Å²) in [6, 6.07) is 5.51. The molecule has 1 rings (SSSR count). The van der Waals surface area contributed by atoms with Crippen molar-refractivity contribution in [3.05, 3.63) is 34.9 Å². The van der Waals surface area contributed by atoms with Gasteiger partial charge in [-0.1, -0.05) is 23.7 Å². The van der Waals surface area contributed by atoms with Gasteiger partial charge in [-0.15, -0.1) is 0 Å². The van der Waals surface area contributed by atoms with Crippen LogP contribution >= 0.6 is 11.6 Å². The Balaban J connectivity index is 3.11. The van der Waals surface area contributed by atoms with E-state index < -0.39 is 12.0 Å². The third kappa shape index (κ3) is 2.73. The number of carboxylic acids is 1. The smallest absolute Gasteiger partial charge is 0.331 e. The van der Waals surface area contributed by atoms with E-state index in [4.69, 9.17) is 16.7 Å². The maximum atomic E-state index is 11.1. The molecule has 0 saturated carbocycles. The van der Waals surface area contributed by atoms with Crippen molar-refractivity contribution < 1.29 is 14.7 Å². The van der Waals surface area contributed by atoms with Gasteiger partial charge in [0, 0.05) is 11.6 Å². The van der Waals surface area contributed by atoms with E-state index in [-0.39, 0.29) is 0 Å². The first-order valence-electron chi connectivity index (χ1n) is 4.79. The number of benzene rings is 1. The normalized spacial score (nSPS) is 11.9. The van der Waals surface area contributed by atoms with Gasteiger partial charge in [-0.2, -0.15) is 0 Å². The summed E-state index contributed by atoms with van der Waals surface area (Å²) in [5.41, 5.74) is 0.494. The molecule has 16 heavy (non-hydrogen) atoms. The van der Waals surface area contributed by atoms with Crippen LogP contribution in [0.1, 0.15) is 18.5 Å². The fourth-order valence-electron chi connectivity index (χ4n) is 1.47. The van der Waals surface area contributed by atoms with Crippen molar-refractivity contribution >= 4 is 24.0 Å². The number of hydrogen-bond acceptors (Lipinski definition) is 2. The molecule has 1 amide bonds. The number of rotatable bonds is 5. The van der Waals surface area contributed by atoms with E-state index in [1.165, 1.54) is 4.90 Å². The first-order chi connectivity index (χ1) is 7.60. The van der Waals surface area contributed by atoms with E-state index >= 15 is 0 Å². The van der Waals surface area contributed by atoms with Crippen LogP contribution in [-0.2, 0) is 9.59 Å². The number of carbonyl (C=O) groups excluding carboxylic acids is 1. The lowest BCUT2D eigenvalue weighted by Crippen LogP contribution is -2.32. The second-order valence-corrected chi connectivity index (χ2v) is 3.67. The average molecular weight is 242 g/mol. The number of halogens is 1. The Morgan fingerprint density at radius 3 is 2.75 bits per heavy atom. The molecule has 0 fully saturated rings. The van der Waals surface area contributed by atoms with Crippen LogP contribution in [0.3, 0.4) is 0 Å². The Hall–Kier alpha value is -1.55. The Bertz CT molecular complexity index is 395. The molecule has 0 aliphatic rings. The van der Waals surface area contributed by atoms with E-state index in [0.29, 0.717) is 23.5 Å². The predicted molar refractivity (Wildman–Crippen MR) is 60.3 cm³/mol. The topological polar surface area (TPSA) is 57.6 Å². The third-order valence-electron chi connectivity index (χ3n) is 2.23. The molecular weight excluding hydrogens is 230 g/mol. The van der Waals surface area contributed by atoms with Crippen LogP contribution in [0.25, 0.3) is 0 Å². The fraction of sp³-hybridized carbons (Fsp3) is 0.273. The summed E-state index contributed by atoms with van der Waals surface area (Å²) < 4.78 is 0. The van der Waals surface area contributed by atoms with E-state index in [1.54, 1.807) is 31.2 Å². The molecule has 0 aliphatic heterocycles. The van der Waals surface area contributed by atoms with Gasteiger partial charge in [-0.3, -0.25) is 4.79 Å². The lowest BCUT2D eigenvalue weighted by Gasteiger charge is -2.23. The number of carbonyl (C=O) groups is 2. The number of amides is 1. The number of hydrogen-bond donors (Lipinski definition) is 1. The Morgan fingerprint density at radius 2 is 2.31 bits per heavy atom. The van der Waals surface area contributed by atoms with Crippen LogP contribution in [0.4, 0.5) is 0 Å². The number of nitrogens with zero attached hydrogens (tertiary/aromatic N) is 1. The molecule has 0 aliphatic carbocycles. The lowest BCUT2D eigenvalue weighted by molar-refractivity contribution is -0.146. The van der Waals surface area contributed by atoms with Crippen LogP contribution in [0.15, 0.2) is 24.3 Å². The molecule has 0 spiro atoms. The molecular formula is C11H12ClNO3. The summed E-state index contributed by atoms with van der Waals surface area (Å²) in [5.74, 6) is -1.07. The van der Waals surface area contributed by atoms with E-state index in [9.17, 15) is 9.59 Å². The SMILES string of the molecule is CCN(C=O)C(C(=O)O)c1cccc(Cl)c1. The highest BCUT2D eigenvalue weighted by Gasteiger charge is 2.25. The van der Waals surface area contributed by atoms with Gasteiger partial charge in [0.2, 0.25) is 6.41 Å². The molecule has 0 heterocycles.